The van der Waals surface area contributed by atoms with Gasteiger partial charge >= 0.3 is 0 Å². The van der Waals surface area contributed by atoms with Crippen molar-refractivity contribution < 1.29 is 14.3 Å². The first-order valence-corrected chi connectivity index (χ1v) is 7.13. The van der Waals surface area contributed by atoms with Crippen molar-refractivity contribution in [3.63, 3.8) is 0 Å². The molecule has 0 radical (unpaired) electrons. The highest BCUT2D eigenvalue weighted by atomic mass is 16.5. The molecule has 0 bridgehead atoms. The Bertz CT molecular complexity index is 665. The zero-order chi connectivity index (χ0) is 16.1. The van der Waals surface area contributed by atoms with Crippen molar-refractivity contribution in [3.8, 4) is 11.5 Å². The van der Waals surface area contributed by atoms with Crippen LogP contribution in [0.1, 0.15) is 28.7 Å². The summed E-state index contributed by atoms with van der Waals surface area (Å²) < 4.78 is 12.3. The van der Waals surface area contributed by atoms with E-state index in [0.29, 0.717) is 30.3 Å². The molecule has 2 rings (SSSR count). The summed E-state index contributed by atoms with van der Waals surface area (Å²) in [5.41, 5.74) is 2.29. The molecule has 6 nitrogen and oxygen atoms in total. The fourth-order valence-corrected chi connectivity index (χ4v) is 2.19. The highest BCUT2D eigenvalue weighted by Crippen LogP contribution is 2.27. The molecule has 0 saturated carbocycles. The first kappa shape index (κ1) is 15.9. The van der Waals surface area contributed by atoms with Crippen LogP contribution in [0.4, 0.5) is 0 Å². The highest BCUT2D eigenvalue weighted by molar-refractivity contribution is 5.92. The Balaban J connectivity index is 2.05. The molecule has 0 spiro atoms. The number of aromatic nitrogens is 2. The second-order valence-electron chi connectivity index (χ2n) is 4.90. The summed E-state index contributed by atoms with van der Waals surface area (Å²) in [4.78, 5) is 12.1. The van der Waals surface area contributed by atoms with E-state index in [1.807, 2.05) is 32.0 Å². The lowest BCUT2D eigenvalue weighted by Gasteiger charge is -2.11. The van der Waals surface area contributed by atoms with Gasteiger partial charge in [0.25, 0.3) is 5.91 Å². The van der Waals surface area contributed by atoms with Gasteiger partial charge < -0.3 is 14.8 Å². The van der Waals surface area contributed by atoms with Gasteiger partial charge in [-0.1, -0.05) is 6.07 Å². The van der Waals surface area contributed by atoms with E-state index in [2.05, 4.69) is 10.4 Å². The number of methoxy groups -OCH3 is 1. The fraction of sp³-hybridized carbons (Fsp3) is 0.375. The lowest BCUT2D eigenvalue weighted by molar-refractivity contribution is 0.0941. The predicted octanol–water partition coefficient (Wildman–Crippen LogP) is 2.07. The van der Waals surface area contributed by atoms with Gasteiger partial charge in [-0.2, -0.15) is 5.10 Å². The monoisotopic (exact) mass is 303 g/mol. The van der Waals surface area contributed by atoms with Crippen molar-refractivity contribution in [1.82, 2.24) is 15.1 Å². The van der Waals surface area contributed by atoms with Crippen LogP contribution in [0.3, 0.4) is 0 Å². The van der Waals surface area contributed by atoms with Crippen molar-refractivity contribution in [3.05, 3.63) is 41.2 Å². The smallest absolute Gasteiger partial charge is 0.269 e. The molecule has 0 atom stereocenters. The van der Waals surface area contributed by atoms with Gasteiger partial charge in [-0.05, 0) is 37.6 Å². The van der Waals surface area contributed by atoms with E-state index in [1.165, 1.54) is 0 Å². The molecule has 0 aliphatic carbocycles. The second kappa shape index (κ2) is 6.98. The summed E-state index contributed by atoms with van der Waals surface area (Å²) in [6, 6.07) is 7.37. The molecule has 2 aromatic rings. The van der Waals surface area contributed by atoms with Gasteiger partial charge in [-0.3, -0.25) is 9.48 Å². The number of amides is 1. The SMILES string of the molecule is CCOc1ccc(CNC(=O)c2cc(C)nn2C)cc1OC. The van der Waals surface area contributed by atoms with Crippen molar-refractivity contribution in [2.75, 3.05) is 13.7 Å². The first-order valence-electron chi connectivity index (χ1n) is 7.13. The van der Waals surface area contributed by atoms with Gasteiger partial charge in [0.2, 0.25) is 0 Å². The van der Waals surface area contributed by atoms with Crippen molar-refractivity contribution in [2.24, 2.45) is 7.05 Å². The Morgan fingerprint density at radius 1 is 1.32 bits per heavy atom. The van der Waals surface area contributed by atoms with Crippen molar-refractivity contribution in [1.29, 1.82) is 0 Å². The Labute approximate surface area is 130 Å². The Morgan fingerprint density at radius 2 is 2.09 bits per heavy atom. The van der Waals surface area contributed by atoms with Crippen LogP contribution in [-0.2, 0) is 13.6 Å². The number of nitrogens with one attached hydrogen (secondary N) is 1. The second-order valence-corrected chi connectivity index (χ2v) is 4.90. The van der Waals surface area contributed by atoms with E-state index in [9.17, 15) is 4.79 Å². The van der Waals surface area contributed by atoms with Crippen LogP contribution in [0.25, 0.3) is 0 Å². The minimum Gasteiger partial charge on any atom is -0.493 e. The average Bonchev–Trinajstić information content (AvgIpc) is 2.85. The number of carbonyl (C=O) groups is 1. The summed E-state index contributed by atoms with van der Waals surface area (Å²) in [7, 11) is 3.35. The third kappa shape index (κ3) is 3.58. The molecular formula is C16H21N3O3. The molecule has 1 amide bonds. The summed E-state index contributed by atoms with van der Waals surface area (Å²) in [6.07, 6.45) is 0. The minimum absolute atomic E-state index is 0.157. The largest absolute Gasteiger partial charge is 0.493 e. The van der Waals surface area contributed by atoms with Crippen molar-refractivity contribution in [2.45, 2.75) is 20.4 Å². The third-order valence-electron chi connectivity index (χ3n) is 3.22. The molecular weight excluding hydrogens is 282 g/mol. The van der Waals surface area contributed by atoms with Gasteiger partial charge in [0.15, 0.2) is 11.5 Å². The number of benzene rings is 1. The normalized spacial score (nSPS) is 10.4. The van der Waals surface area contributed by atoms with Crippen LogP contribution in [-0.4, -0.2) is 29.4 Å². The van der Waals surface area contributed by atoms with Gasteiger partial charge in [-0.15, -0.1) is 0 Å². The van der Waals surface area contributed by atoms with Gasteiger partial charge in [0.1, 0.15) is 5.69 Å². The number of carbonyl (C=O) groups excluding carboxylic acids is 1. The number of rotatable bonds is 6. The quantitative estimate of drug-likeness (QED) is 0.887. The molecule has 1 aromatic carbocycles. The fourth-order valence-electron chi connectivity index (χ4n) is 2.19. The van der Waals surface area contributed by atoms with Gasteiger partial charge in [0.05, 0.1) is 19.4 Å². The van der Waals surface area contributed by atoms with Crippen LogP contribution in [0, 0.1) is 6.92 Å². The molecule has 0 saturated heterocycles. The first-order chi connectivity index (χ1) is 10.5. The Kier molecular flexibility index (Phi) is 5.04. The summed E-state index contributed by atoms with van der Waals surface area (Å²) in [5.74, 6) is 1.20. The number of aryl methyl sites for hydroxylation is 2. The number of hydrogen-bond acceptors (Lipinski definition) is 4. The van der Waals surface area contributed by atoms with Crippen LogP contribution in [0.2, 0.25) is 0 Å². The molecule has 0 aliphatic heterocycles. The molecule has 1 N–H and O–H groups in total. The summed E-state index contributed by atoms with van der Waals surface area (Å²) in [6.45, 7) is 4.76. The van der Waals surface area contributed by atoms with E-state index >= 15 is 0 Å². The van der Waals surface area contributed by atoms with E-state index in [-0.39, 0.29) is 5.91 Å². The van der Waals surface area contributed by atoms with Gasteiger partial charge in [0, 0.05) is 13.6 Å². The zero-order valence-electron chi connectivity index (χ0n) is 13.3. The van der Waals surface area contributed by atoms with E-state index in [4.69, 9.17) is 9.47 Å². The lowest BCUT2D eigenvalue weighted by atomic mass is 10.2. The standard InChI is InChI=1S/C16H21N3O3/c1-5-22-14-7-6-12(9-15(14)21-4)10-17-16(20)13-8-11(2)18-19(13)3/h6-9H,5,10H2,1-4H3,(H,17,20). The molecule has 0 unspecified atom stereocenters. The van der Waals surface area contributed by atoms with E-state index in [0.717, 1.165) is 11.3 Å². The summed E-state index contributed by atoms with van der Waals surface area (Å²) in [5, 5.41) is 7.04. The Hall–Kier alpha value is -2.50. The molecule has 22 heavy (non-hydrogen) atoms. The number of ether oxygens (including phenoxy) is 2. The van der Waals surface area contributed by atoms with Crippen LogP contribution in [0.5, 0.6) is 11.5 Å². The average molecular weight is 303 g/mol. The number of nitrogens with zero attached hydrogens (tertiary/aromatic N) is 2. The van der Waals surface area contributed by atoms with Crippen LogP contribution < -0.4 is 14.8 Å². The molecule has 118 valence electrons. The van der Waals surface area contributed by atoms with E-state index < -0.39 is 0 Å². The van der Waals surface area contributed by atoms with Crippen LogP contribution in [0.15, 0.2) is 24.3 Å². The minimum atomic E-state index is -0.157. The molecule has 1 aromatic heterocycles. The number of hydrogen-bond donors (Lipinski definition) is 1. The topological polar surface area (TPSA) is 65.4 Å². The Morgan fingerprint density at radius 3 is 2.68 bits per heavy atom. The van der Waals surface area contributed by atoms with Crippen molar-refractivity contribution >= 4 is 5.91 Å². The third-order valence-corrected chi connectivity index (χ3v) is 3.22. The molecule has 0 fully saturated rings. The molecule has 0 aliphatic rings. The molecule has 1 heterocycles. The zero-order valence-corrected chi connectivity index (χ0v) is 13.3. The highest BCUT2D eigenvalue weighted by Gasteiger charge is 2.12. The molecule has 6 heteroatoms. The lowest BCUT2D eigenvalue weighted by Crippen LogP contribution is -2.25. The van der Waals surface area contributed by atoms with E-state index in [1.54, 1.807) is 24.9 Å². The maximum Gasteiger partial charge on any atom is 0.269 e. The predicted molar refractivity (Wildman–Crippen MR) is 83.3 cm³/mol. The summed E-state index contributed by atoms with van der Waals surface area (Å²) >= 11 is 0. The maximum atomic E-state index is 12.1. The van der Waals surface area contributed by atoms with Crippen LogP contribution >= 0.6 is 0 Å². The van der Waals surface area contributed by atoms with Gasteiger partial charge in [-0.25, -0.2) is 0 Å². The maximum absolute atomic E-state index is 12.1.